The zero-order valence-corrected chi connectivity index (χ0v) is 17.6. The molecule has 150 valence electrons. The summed E-state index contributed by atoms with van der Waals surface area (Å²) >= 11 is 0. The van der Waals surface area contributed by atoms with Crippen molar-refractivity contribution in [1.29, 1.82) is 0 Å². The largest absolute Gasteiger partial charge is 0.398 e. The highest BCUT2D eigenvalue weighted by Crippen LogP contribution is 2.30. The summed E-state index contributed by atoms with van der Waals surface area (Å²) in [4.78, 5) is 11.4. The van der Waals surface area contributed by atoms with E-state index in [4.69, 9.17) is 10.7 Å². The predicted octanol–water partition coefficient (Wildman–Crippen LogP) is 3.90. The van der Waals surface area contributed by atoms with Crippen LogP contribution in [-0.4, -0.2) is 43.4 Å². The van der Waals surface area contributed by atoms with Gasteiger partial charge >= 0.3 is 0 Å². The lowest BCUT2D eigenvalue weighted by Gasteiger charge is -2.35. The number of hydrogen-bond donors (Lipinski definition) is 2. The molecule has 5 nitrogen and oxygen atoms in total. The van der Waals surface area contributed by atoms with Gasteiger partial charge in [0.15, 0.2) is 0 Å². The van der Waals surface area contributed by atoms with E-state index in [9.17, 15) is 0 Å². The fraction of sp³-hybridized carbons (Fsp3) is 0.478. The van der Waals surface area contributed by atoms with Crippen LogP contribution in [-0.2, 0) is 0 Å². The van der Waals surface area contributed by atoms with Gasteiger partial charge in [-0.15, -0.1) is 0 Å². The van der Waals surface area contributed by atoms with Crippen LogP contribution in [0.15, 0.2) is 35.3 Å². The first-order valence-electron chi connectivity index (χ1n) is 10.3. The van der Waals surface area contributed by atoms with Crippen LogP contribution in [0.1, 0.15) is 44.2 Å². The number of nitrogens with zero attached hydrogens (tertiary/aromatic N) is 3. The van der Waals surface area contributed by atoms with E-state index >= 15 is 0 Å². The van der Waals surface area contributed by atoms with Crippen LogP contribution >= 0.6 is 0 Å². The van der Waals surface area contributed by atoms with E-state index in [1.54, 1.807) is 13.3 Å². The average molecular weight is 380 g/mol. The van der Waals surface area contributed by atoms with Crippen molar-refractivity contribution in [2.45, 2.75) is 52.1 Å². The third kappa shape index (κ3) is 4.71. The van der Waals surface area contributed by atoms with Gasteiger partial charge in [-0.3, -0.25) is 4.99 Å². The highest BCUT2D eigenvalue weighted by molar-refractivity contribution is 5.91. The number of pyridine rings is 1. The summed E-state index contributed by atoms with van der Waals surface area (Å²) in [5.74, 6) is 0.983. The minimum Gasteiger partial charge on any atom is -0.398 e. The Morgan fingerprint density at radius 2 is 2.11 bits per heavy atom. The molecule has 5 heteroatoms. The van der Waals surface area contributed by atoms with Crippen molar-refractivity contribution in [3.8, 4) is 0 Å². The zero-order valence-electron chi connectivity index (χ0n) is 17.6. The van der Waals surface area contributed by atoms with Gasteiger partial charge in [0.25, 0.3) is 0 Å². The first-order valence-corrected chi connectivity index (χ1v) is 10.3. The van der Waals surface area contributed by atoms with Gasteiger partial charge < -0.3 is 16.0 Å². The average Bonchev–Trinajstić information content (AvgIpc) is 2.71. The number of benzene rings is 1. The number of allylic oxidation sites excluding steroid dienone is 1. The molecule has 1 aliphatic heterocycles. The summed E-state index contributed by atoms with van der Waals surface area (Å²) in [6, 6.07) is 9.70. The Balaban J connectivity index is 1.92. The molecule has 0 saturated carbocycles. The van der Waals surface area contributed by atoms with E-state index < -0.39 is 0 Å². The molecule has 3 rings (SSSR count). The Hall–Kier alpha value is -2.40. The number of rotatable bonds is 6. The second kappa shape index (κ2) is 9.20. The first-order chi connectivity index (χ1) is 13.5. The summed E-state index contributed by atoms with van der Waals surface area (Å²) in [5.41, 5.74) is 10.4. The zero-order chi connectivity index (χ0) is 20.1. The third-order valence-corrected chi connectivity index (χ3v) is 5.59. The number of aliphatic imine (C=N–C) groups is 1. The summed E-state index contributed by atoms with van der Waals surface area (Å²) in [6.45, 7) is 8.57. The minimum atomic E-state index is 0.570. The lowest BCUT2D eigenvalue weighted by molar-refractivity contribution is 0.371. The number of aryl methyl sites for hydroxylation is 1. The highest BCUT2D eigenvalue weighted by atomic mass is 15.2. The van der Waals surface area contributed by atoms with Crippen molar-refractivity contribution in [3.05, 3.63) is 41.5 Å². The maximum atomic E-state index is 6.42. The topological polar surface area (TPSA) is 66.5 Å². The Morgan fingerprint density at radius 1 is 1.36 bits per heavy atom. The molecular formula is C23H33N5. The minimum absolute atomic E-state index is 0.570. The summed E-state index contributed by atoms with van der Waals surface area (Å²) in [7, 11) is 1.75. The van der Waals surface area contributed by atoms with Crippen molar-refractivity contribution in [2.24, 2.45) is 10.7 Å². The standard InChI is InChI=1S/C23H33N5/c1-5-17(3)26-19-9-12-28(13-10-19)23-20(21(24)8-11-25-4)15-18-14-16(2)6-7-22(18)27-23/h6-8,11,14-15,17,19,26H,5,9-10,12-13,24H2,1-4H3/b21-8-,25-11?. The molecule has 0 amide bonds. The lowest BCUT2D eigenvalue weighted by atomic mass is 10.0. The monoisotopic (exact) mass is 379 g/mol. The van der Waals surface area contributed by atoms with Crippen molar-refractivity contribution in [3.63, 3.8) is 0 Å². The molecule has 3 N–H and O–H groups in total. The molecule has 2 heterocycles. The maximum absolute atomic E-state index is 6.42. The molecule has 1 aromatic carbocycles. The summed E-state index contributed by atoms with van der Waals surface area (Å²) in [6.07, 6.45) is 7.01. The fourth-order valence-electron chi connectivity index (χ4n) is 3.76. The fourth-order valence-corrected chi connectivity index (χ4v) is 3.76. The van der Waals surface area contributed by atoms with Crippen LogP contribution in [0.25, 0.3) is 16.6 Å². The van der Waals surface area contributed by atoms with E-state index in [0.29, 0.717) is 17.8 Å². The van der Waals surface area contributed by atoms with Crippen LogP contribution in [0.5, 0.6) is 0 Å². The number of fused-ring (bicyclic) bond motifs is 1. The van der Waals surface area contributed by atoms with Crippen molar-refractivity contribution >= 4 is 28.6 Å². The molecule has 0 spiro atoms. The van der Waals surface area contributed by atoms with E-state index in [0.717, 1.165) is 54.6 Å². The smallest absolute Gasteiger partial charge is 0.138 e. The molecule has 0 bridgehead atoms. The number of hydrogen-bond acceptors (Lipinski definition) is 5. The second-order valence-corrected chi connectivity index (χ2v) is 7.82. The molecule has 1 aromatic heterocycles. The molecule has 1 atom stereocenters. The summed E-state index contributed by atoms with van der Waals surface area (Å²) in [5, 5.41) is 4.86. The molecule has 28 heavy (non-hydrogen) atoms. The highest BCUT2D eigenvalue weighted by Gasteiger charge is 2.23. The van der Waals surface area contributed by atoms with Crippen LogP contribution < -0.4 is 16.0 Å². The number of nitrogens with two attached hydrogens (primary N) is 1. The number of aromatic nitrogens is 1. The van der Waals surface area contributed by atoms with Gasteiger partial charge in [-0.05, 0) is 57.4 Å². The molecule has 1 fully saturated rings. The second-order valence-electron chi connectivity index (χ2n) is 7.82. The van der Waals surface area contributed by atoms with Crippen molar-refractivity contribution < 1.29 is 0 Å². The number of nitrogens with one attached hydrogen (secondary N) is 1. The van der Waals surface area contributed by atoms with E-state index in [2.05, 4.69) is 60.2 Å². The Morgan fingerprint density at radius 3 is 2.79 bits per heavy atom. The van der Waals surface area contributed by atoms with Gasteiger partial charge in [0.05, 0.1) is 5.52 Å². The van der Waals surface area contributed by atoms with Crippen LogP contribution in [0, 0.1) is 6.92 Å². The molecule has 1 aliphatic rings. The van der Waals surface area contributed by atoms with Gasteiger partial charge in [0.1, 0.15) is 5.82 Å². The SMILES string of the molecule is CCC(C)NC1CCN(c2nc3ccc(C)cc3cc2/C(N)=C/C=NC)CC1. The molecule has 0 radical (unpaired) electrons. The molecular weight excluding hydrogens is 346 g/mol. The van der Waals surface area contributed by atoms with Crippen molar-refractivity contribution in [2.75, 3.05) is 25.0 Å². The molecule has 1 unspecified atom stereocenters. The Labute approximate surface area is 168 Å². The molecule has 2 aromatic rings. The lowest BCUT2D eigenvalue weighted by Crippen LogP contribution is -2.45. The predicted molar refractivity (Wildman–Crippen MR) is 121 cm³/mol. The Bertz CT molecular complexity index is 863. The Kier molecular flexibility index (Phi) is 6.68. The van der Waals surface area contributed by atoms with Crippen LogP contribution in [0.3, 0.4) is 0 Å². The van der Waals surface area contributed by atoms with E-state index in [-0.39, 0.29) is 0 Å². The van der Waals surface area contributed by atoms with Gasteiger partial charge in [-0.25, -0.2) is 4.98 Å². The first kappa shape index (κ1) is 20.3. The quantitative estimate of drug-likeness (QED) is 0.747. The van der Waals surface area contributed by atoms with E-state index in [1.165, 1.54) is 5.56 Å². The van der Waals surface area contributed by atoms with Crippen LogP contribution in [0.2, 0.25) is 0 Å². The van der Waals surface area contributed by atoms with Crippen molar-refractivity contribution in [1.82, 2.24) is 10.3 Å². The summed E-state index contributed by atoms with van der Waals surface area (Å²) < 4.78 is 0. The maximum Gasteiger partial charge on any atom is 0.138 e. The third-order valence-electron chi connectivity index (χ3n) is 5.59. The number of anilines is 1. The number of piperidine rings is 1. The molecule has 1 saturated heterocycles. The molecule has 0 aliphatic carbocycles. The van der Waals surface area contributed by atoms with Crippen LogP contribution in [0.4, 0.5) is 5.82 Å². The van der Waals surface area contributed by atoms with E-state index in [1.807, 2.05) is 6.08 Å². The van der Waals surface area contributed by atoms with Gasteiger partial charge in [-0.2, -0.15) is 0 Å². The van der Waals surface area contributed by atoms with Gasteiger partial charge in [-0.1, -0.05) is 18.6 Å². The van der Waals surface area contributed by atoms with Gasteiger partial charge in [0.2, 0.25) is 0 Å². The van der Waals surface area contributed by atoms with Gasteiger partial charge in [0, 0.05) is 55.1 Å². The normalized spacial score (nSPS) is 17.6.